The van der Waals surface area contributed by atoms with E-state index in [0.717, 1.165) is 6.42 Å². The molecule has 1 atom stereocenters. The van der Waals surface area contributed by atoms with Crippen LogP contribution < -0.4 is 5.73 Å². The van der Waals surface area contributed by atoms with Crippen LogP contribution >= 0.6 is 0 Å². The molecule has 1 rings (SSSR count). The standard InChI is InChI=1S/C6H10N2O2/c1-4(9)8-3-2-5(8)6(7)10/h5H,2-3H2,1H3,(H2,7,10). The summed E-state index contributed by atoms with van der Waals surface area (Å²) in [6.07, 6.45) is 0.717. The smallest absolute Gasteiger partial charge is 0.240 e. The van der Waals surface area contributed by atoms with Gasteiger partial charge in [-0.1, -0.05) is 0 Å². The molecule has 0 aromatic heterocycles. The van der Waals surface area contributed by atoms with Crippen molar-refractivity contribution in [2.75, 3.05) is 6.54 Å². The molecule has 4 heteroatoms. The van der Waals surface area contributed by atoms with E-state index in [1.54, 1.807) is 0 Å². The highest BCUT2D eigenvalue weighted by atomic mass is 16.2. The van der Waals surface area contributed by atoms with Crippen molar-refractivity contribution in [3.8, 4) is 0 Å². The fourth-order valence-corrected chi connectivity index (χ4v) is 1.06. The highest BCUT2D eigenvalue weighted by Gasteiger charge is 2.33. The van der Waals surface area contributed by atoms with Crippen LogP contribution in [-0.4, -0.2) is 29.3 Å². The molecule has 10 heavy (non-hydrogen) atoms. The molecule has 0 saturated carbocycles. The average Bonchev–Trinajstić information content (AvgIpc) is 1.56. The average molecular weight is 142 g/mol. The molecule has 56 valence electrons. The summed E-state index contributed by atoms with van der Waals surface area (Å²) < 4.78 is 0. The van der Waals surface area contributed by atoms with Gasteiger partial charge in [0.25, 0.3) is 0 Å². The quantitative estimate of drug-likeness (QED) is 0.515. The lowest BCUT2D eigenvalue weighted by Crippen LogP contribution is -2.56. The molecular formula is C6H10N2O2. The number of carbonyl (C=O) groups is 2. The van der Waals surface area contributed by atoms with Crippen LogP contribution in [0.2, 0.25) is 0 Å². The zero-order chi connectivity index (χ0) is 7.72. The van der Waals surface area contributed by atoms with E-state index in [1.807, 2.05) is 0 Å². The second-order valence-corrected chi connectivity index (χ2v) is 2.42. The van der Waals surface area contributed by atoms with E-state index in [-0.39, 0.29) is 11.9 Å². The van der Waals surface area contributed by atoms with Gasteiger partial charge in [-0.2, -0.15) is 0 Å². The molecule has 1 aliphatic rings. The number of primary amides is 1. The Morgan fingerprint density at radius 1 is 1.60 bits per heavy atom. The van der Waals surface area contributed by atoms with Gasteiger partial charge in [0, 0.05) is 13.5 Å². The van der Waals surface area contributed by atoms with Crippen LogP contribution in [0.5, 0.6) is 0 Å². The second-order valence-electron chi connectivity index (χ2n) is 2.42. The molecule has 0 spiro atoms. The molecule has 0 bridgehead atoms. The summed E-state index contributed by atoms with van der Waals surface area (Å²) in [4.78, 5) is 22.7. The lowest BCUT2D eigenvalue weighted by atomic mass is 10.0. The monoisotopic (exact) mass is 142 g/mol. The molecule has 1 saturated heterocycles. The highest BCUT2D eigenvalue weighted by Crippen LogP contribution is 2.15. The Balaban J connectivity index is 2.51. The lowest BCUT2D eigenvalue weighted by molar-refractivity contribution is -0.144. The fraction of sp³-hybridized carbons (Fsp3) is 0.667. The van der Waals surface area contributed by atoms with Crippen molar-refractivity contribution in [2.45, 2.75) is 19.4 Å². The van der Waals surface area contributed by atoms with E-state index >= 15 is 0 Å². The van der Waals surface area contributed by atoms with Crippen molar-refractivity contribution in [3.63, 3.8) is 0 Å². The summed E-state index contributed by atoms with van der Waals surface area (Å²) in [6, 6.07) is -0.336. The number of carbonyl (C=O) groups excluding carboxylic acids is 2. The van der Waals surface area contributed by atoms with Gasteiger partial charge in [-0.3, -0.25) is 9.59 Å². The van der Waals surface area contributed by atoms with Crippen LogP contribution in [0.25, 0.3) is 0 Å². The van der Waals surface area contributed by atoms with E-state index in [2.05, 4.69) is 0 Å². The maximum atomic E-state index is 10.7. The van der Waals surface area contributed by atoms with Crippen molar-refractivity contribution < 1.29 is 9.59 Å². The van der Waals surface area contributed by atoms with E-state index in [1.165, 1.54) is 11.8 Å². The van der Waals surface area contributed by atoms with Crippen molar-refractivity contribution in [3.05, 3.63) is 0 Å². The van der Waals surface area contributed by atoms with Crippen LogP contribution in [0.3, 0.4) is 0 Å². The van der Waals surface area contributed by atoms with Gasteiger partial charge in [0.2, 0.25) is 11.8 Å². The van der Waals surface area contributed by atoms with Gasteiger partial charge < -0.3 is 10.6 Å². The molecule has 0 aromatic carbocycles. The third-order valence-corrected chi connectivity index (χ3v) is 1.75. The van der Waals surface area contributed by atoms with Gasteiger partial charge in [0.15, 0.2) is 0 Å². The van der Waals surface area contributed by atoms with E-state index < -0.39 is 5.91 Å². The molecule has 4 nitrogen and oxygen atoms in total. The van der Waals surface area contributed by atoms with Gasteiger partial charge in [-0.15, -0.1) is 0 Å². The summed E-state index contributed by atoms with van der Waals surface area (Å²) in [5, 5.41) is 0. The normalized spacial score (nSPS) is 23.7. The molecule has 2 amide bonds. The van der Waals surface area contributed by atoms with Crippen molar-refractivity contribution in [2.24, 2.45) is 5.73 Å². The predicted octanol–water partition coefficient (Wildman–Crippen LogP) is -0.908. The lowest BCUT2D eigenvalue weighted by Gasteiger charge is -2.37. The zero-order valence-corrected chi connectivity index (χ0v) is 5.83. The van der Waals surface area contributed by atoms with Gasteiger partial charge >= 0.3 is 0 Å². The number of likely N-dealkylation sites (tertiary alicyclic amines) is 1. The molecule has 1 unspecified atom stereocenters. The Morgan fingerprint density at radius 3 is 2.30 bits per heavy atom. The Labute approximate surface area is 59.0 Å². The van der Waals surface area contributed by atoms with Crippen molar-refractivity contribution >= 4 is 11.8 Å². The van der Waals surface area contributed by atoms with E-state index in [4.69, 9.17) is 5.73 Å². The Kier molecular flexibility index (Phi) is 1.61. The van der Waals surface area contributed by atoms with Crippen LogP contribution in [0, 0.1) is 0 Å². The number of hydrogen-bond acceptors (Lipinski definition) is 2. The van der Waals surface area contributed by atoms with Crippen molar-refractivity contribution in [1.82, 2.24) is 4.90 Å². The maximum Gasteiger partial charge on any atom is 0.240 e. The van der Waals surface area contributed by atoms with Gasteiger partial charge in [-0.05, 0) is 6.42 Å². The molecule has 0 aliphatic carbocycles. The molecule has 0 aromatic rings. The topological polar surface area (TPSA) is 63.4 Å². The summed E-state index contributed by atoms with van der Waals surface area (Å²) in [5.41, 5.74) is 4.99. The van der Waals surface area contributed by atoms with Crippen LogP contribution in [-0.2, 0) is 9.59 Å². The Bertz CT molecular complexity index is 159. The Morgan fingerprint density at radius 2 is 2.20 bits per heavy atom. The fourth-order valence-electron chi connectivity index (χ4n) is 1.06. The summed E-state index contributed by atoms with van der Waals surface area (Å²) in [7, 11) is 0. The first-order valence-corrected chi connectivity index (χ1v) is 3.19. The first kappa shape index (κ1) is 7.05. The highest BCUT2D eigenvalue weighted by molar-refractivity contribution is 5.87. The third-order valence-electron chi connectivity index (χ3n) is 1.75. The zero-order valence-electron chi connectivity index (χ0n) is 5.83. The molecule has 0 radical (unpaired) electrons. The first-order valence-electron chi connectivity index (χ1n) is 3.19. The maximum absolute atomic E-state index is 10.7. The van der Waals surface area contributed by atoms with Gasteiger partial charge in [-0.25, -0.2) is 0 Å². The third kappa shape index (κ3) is 0.964. The second kappa shape index (κ2) is 2.28. The van der Waals surface area contributed by atoms with Gasteiger partial charge in [0.1, 0.15) is 6.04 Å². The van der Waals surface area contributed by atoms with Crippen molar-refractivity contribution in [1.29, 1.82) is 0 Å². The summed E-state index contributed by atoms with van der Waals surface area (Å²) in [5.74, 6) is -0.475. The molecule has 2 N–H and O–H groups in total. The molecule has 1 fully saturated rings. The minimum Gasteiger partial charge on any atom is -0.368 e. The largest absolute Gasteiger partial charge is 0.368 e. The molecular weight excluding hydrogens is 132 g/mol. The number of amides is 2. The molecule has 1 aliphatic heterocycles. The summed E-state index contributed by atoms with van der Waals surface area (Å²) in [6.45, 7) is 2.11. The SMILES string of the molecule is CC(=O)N1CCC1C(N)=O. The minimum atomic E-state index is -0.401. The molecule has 1 heterocycles. The Hall–Kier alpha value is -1.06. The van der Waals surface area contributed by atoms with Crippen LogP contribution in [0.4, 0.5) is 0 Å². The number of nitrogens with zero attached hydrogens (tertiary/aromatic N) is 1. The van der Waals surface area contributed by atoms with Crippen LogP contribution in [0.15, 0.2) is 0 Å². The van der Waals surface area contributed by atoms with Gasteiger partial charge in [0.05, 0.1) is 0 Å². The minimum absolute atomic E-state index is 0.0740. The number of rotatable bonds is 1. The van der Waals surface area contributed by atoms with E-state index in [9.17, 15) is 9.59 Å². The van der Waals surface area contributed by atoms with Crippen LogP contribution in [0.1, 0.15) is 13.3 Å². The number of hydrogen-bond donors (Lipinski definition) is 1. The summed E-state index contributed by atoms with van der Waals surface area (Å²) >= 11 is 0. The number of nitrogens with two attached hydrogens (primary N) is 1. The van der Waals surface area contributed by atoms with E-state index in [0.29, 0.717) is 6.54 Å². The predicted molar refractivity (Wildman–Crippen MR) is 35.0 cm³/mol. The first-order chi connectivity index (χ1) is 4.63.